The highest BCUT2D eigenvalue weighted by molar-refractivity contribution is 5.88. The summed E-state index contributed by atoms with van der Waals surface area (Å²) in [6.45, 7) is 0. The quantitative estimate of drug-likeness (QED) is 0.785. The van der Waals surface area contributed by atoms with Gasteiger partial charge in [0.1, 0.15) is 0 Å². The smallest absolute Gasteiger partial charge is 0.0729 e. The minimum atomic E-state index is 0.967. The number of benzene rings is 1. The fourth-order valence-electron chi connectivity index (χ4n) is 2.58. The number of H-pyrrole nitrogens is 1. The number of allylic oxidation sites excluding steroid dienone is 2. The lowest BCUT2D eigenvalue weighted by Crippen LogP contribution is -1.96. The number of aromatic nitrogens is 3. The van der Waals surface area contributed by atoms with Crippen molar-refractivity contribution in [1.29, 1.82) is 0 Å². The predicted molar refractivity (Wildman–Crippen MR) is 88.0 cm³/mol. The van der Waals surface area contributed by atoms with E-state index < -0.39 is 0 Å². The van der Waals surface area contributed by atoms with Crippen molar-refractivity contribution >= 4 is 11.8 Å². The fourth-order valence-corrected chi connectivity index (χ4v) is 2.58. The van der Waals surface area contributed by atoms with Crippen LogP contribution in [0.3, 0.4) is 0 Å². The third-order valence-corrected chi connectivity index (χ3v) is 3.60. The van der Waals surface area contributed by atoms with Crippen LogP contribution in [0, 0.1) is 0 Å². The SMILES string of the molecule is C1=C/C(=C(\c2ccc(-n3cccn3)cc2)c2ccc[nH]2)N=C1. The van der Waals surface area contributed by atoms with E-state index in [4.69, 9.17) is 0 Å². The van der Waals surface area contributed by atoms with Gasteiger partial charge in [0.15, 0.2) is 0 Å². The number of hydrogen-bond donors (Lipinski definition) is 1. The zero-order chi connectivity index (χ0) is 14.8. The Labute approximate surface area is 128 Å². The van der Waals surface area contributed by atoms with Gasteiger partial charge in [-0.25, -0.2) is 4.68 Å². The standard InChI is InChI=1S/C18H14N4/c1-4-16(19-10-1)18(17-5-2-11-20-17)14-6-8-15(9-7-14)22-13-3-12-21-22/h1-13,19H/b18-17-. The van der Waals surface area contributed by atoms with Crippen molar-refractivity contribution in [3.8, 4) is 5.69 Å². The van der Waals surface area contributed by atoms with Gasteiger partial charge < -0.3 is 4.98 Å². The topological polar surface area (TPSA) is 46.0 Å². The van der Waals surface area contributed by atoms with Gasteiger partial charge in [0.05, 0.1) is 11.4 Å². The normalized spacial score (nSPS) is 15.5. The lowest BCUT2D eigenvalue weighted by Gasteiger charge is -2.09. The van der Waals surface area contributed by atoms with Crippen molar-refractivity contribution < 1.29 is 0 Å². The summed E-state index contributed by atoms with van der Waals surface area (Å²) in [5.41, 5.74) is 5.29. The summed E-state index contributed by atoms with van der Waals surface area (Å²) in [5.74, 6) is 0. The van der Waals surface area contributed by atoms with Gasteiger partial charge in [0, 0.05) is 36.1 Å². The van der Waals surface area contributed by atoms with Crippen molar-refractivity contribution in [1.82, 2.24) is 14.8 Å². The minimum absolute atomic E-state index is 0.967. The van der Waals surface area contributed by atoms with Gasteiger partial charge >= 0.3 is 0 Å². The molecule has 3 aromatic rings. The Kier molecular flexibility index (Phi) is 3.05. The molecule has 1 aromatic carbocycles. The van der Waals surface area contributed by atoms with Crippen LogP contribution in [0.5, 0.6) is 0 Å². The molecule has 4 heteroatoms. The van der Waals surface area contributed by atoms with Crippen molar-refractivity contribution in [2.24, 2.45) is 4.99 Å². The van der Waals surface area contributed by atoms with E-state index in [1.807, 2.05) is 47.6 Å². The predicted octanol–water partition coefficient (Wildman–Crippen LogP) is 3.60. The van der Waals surface area contributed by atoms with Crippen molar-refractivity contribution in [3.63, 3.8) is 0 Å². The second-order valence-corrected chi connectivity index (χ2v) is 4.98. The maximum absolute atomic E-state index is 4.45. The van der Waals surface area contributed by atoms with Gasteiger partial charge in [-0.2, -0.15) is 5.10 Å². The molecule has 3 heterocycles. The van der Waals surface area contributed by atoms with E-state index in [0.29, 0.717) is 0 Å². The molecule has 0 aliphatic carbocycles. The first-order valence-corrected chi connectivity index (χ1v) is 7.11. The Morgan fingerprint density at radius 1 is 1.05 bits per heavy atom. The van der Waals surface area contributed by atoms with E-state index in [0.717, 1.165) is 28.2 Å². The van der Waals surface area contributed by atoms with E-state index in [9.17, 15) is 0 Å². The van der Waals surface area contributed by atoms with E-state index in [-0.39, 0.29) is 0 Å². The van der Waals surface area contributed by atoms with E-state index in [1.165, 1.54) is 0 Å². The van der Waals surface area contributed by atoms with E-state index in [1.54, 1.807) is 6.20 Å². The molecule has 0 amide bonds. The van der Waals surface area contributed by atoms with Crippen LogP contribution in [0.1, 0.15) is 11.3 Å². The molecule has 0 bridgehead atoms. The molecule has 1 N–H and O–H groups in total. The van der Waals surface area contributed by atoms with Crippen LogP contribution in [0.25, 0.3) is 11.3 Å². The summed E-state index contributed by atoms with van der Waals surface area (Å²) in [7, 11) is 0. The van der Waals surface area contributed by atoms with Crippen LogP contribution in [0.4, 0.5) is 0 Å². The Bertz CT molecular complexity index is 834. The molecule has 4 rings (SSSR count). The Morgan fingerprint density at radius 3 is 2.59 bits per heavy atom. The summed E-state index contributed by atoms with van der Waals surface area (Å²) < 4.78 is 1.85. The maximum Gasteiger partial charge on any atom is 0.0729 e. The Morgan fingerprint density at radius 2 is 1.95 bits per heavy atom. The first kappa shape index (κ1) is 12.6. The summed E-state index contributed by atoms with van der Waals surface area (Å²) in [5, 5.41) is 4.25. The zero-order valence-corrected chi connectivity index (χ0v) is 11.8. The molecule has 0 unspecified atom stereocenters. The first-order valence-electron chi connectivity index (χ1n) is 7.11. The molecule has 22 heavy (non-hydrogen) atoms. The number of aliphatic imine (C=N–C) groups is 1. The van der Waals surface area contributed by atoms with Gasteiger partial charge in [-0.15, -0.1) is 0 Å². The Hall–Kier alpha value is -3.14. The maximum atomic E-state index is 4.45. The van der Waals surface area contributed by atoms with Crippen molar-refractivity contribution in [3.05, 3.63) is 90.2 Å². The van der Waals surface area contributed by atoms with E-state index in [2.05, 4.69) is 45.4 Å². The first-order chi connectivity index (χ1) is 10.9. The van der Waals surface area contributed by atoms with Crippen LogP contribution in [0.2, 0.25) is 0 Å². The van der Waals surface area contributed by atoms with Gasteiger partial charge in [0.25, 0.3) is 0 Å². The molecule has 0 radical (unpaired) electrons. The average molecular weight is 286 g/mol. The summed E-state index contributed by atoms with van der Waals surface area (Å²) in [6, 6.07) is 14.3. The molecule has 2 aromatic heterocycles. The molecule has 0 saturated heterocycles. The van der Waals surface area contributed by atoms with Crippen LogP contribution < -0.4 is 0 Å². The second-order valence-electron chi connectivity index (χ2n) is 4.98. The molecule has 4 nitrogen and oxygen atoms in total. The lowest BCUT2D eigenvalue weighted by molar-refractivity contribution is 0.880. The van der Waals surface area contributed by atoms with Gasteiger partial charge in [0.2, 0.25) is 0 Å². The third kappa shape index (κ3) is 2.20. The average Bonchev–Trinajstić information content (AvgIpc) is 3.32. The third-order valence-electron chi connectivity index (χ3n) is 3.60. The largest absolute Gasteiger partial charge is 0.361 e. The highest BCUT2D eigenvalue weighted by Crippen LogP contribution is 2.29. The number of nitrogens with one attached hydrogen (secondary N) is 1. The number of hydrogen-bond acceptors (Lipinski definition) is 2. The van der Waals surface area contributed by atoms with Gasteiger partial charge in [-0.3, -0.25) is 4.99 Å². The van der Waals surface area contributed by atoms with Crippen LogP contribution in [-0.2, 0) is 0 Å². The molecule has 1 aliphatic rings. The molecular weight excluding hydrogens is 272 g/mol. The van der Waals surface area contributed by atoms with Crippen molar-refractivity contribution in [2.45, 2.75) is 0 Å². The van der Waals surface area contributed by atoms with Crippen LogP contribution in [0.15, 0.2) is 83.9 Å². The van der Waals surface area contributed by atoms with Gasteiger partial charge in [-0.1, -0.05) is 12.1 Å². The molecular formula is C18H14N4. The number of aromatic amines is 1. The zero-order valence-electron chi connectivity index (χ0n) is 11.8. The summed E-state index contributed by atoms with van der Waals surface area (Å²) in [4.78, 5) is 7.72. The van der Waals surface area contributed by atoms with E-state index >= 15 is 0 Å². The highest BCUT2D eigenvalue weighted by atomic mass is 15.3. The lowest BCUT2D eigenvalue weighted by atomic mass is 10.0. The molecule has 0 saturated carbocycles. The number of nitrogens with zero attached hydrogens (tertiary/aromatic N) is 3. The van der Waals surface area contributed by atoms with Crippen molar-refractivity contribution in [2.75, 3.05) is 0 Å². The molecule has 1 aliphatic heterocycles. The molecule has 0 spiro atoms. The number of rotatable bonds is 3. The van der Waals surface area contributed by atoms with Crippen LogP contribution in [-0.4, -0.2) is 21.0 Å². The summed E-state index contributed by atoms with van der Waals surface area (Å²) >= 11 is 0. The molecule has 0 atom stereocenters. The minimum Gasteiger partial charge on any atom is -0.361 e. The van der Waals surface area contributed by atoms with Gasteiger partial charge in [-0.05, 0) is 48.0 Å². The fraction of sp³-hybridized carbons (Fsp3) is 0. The second kappa shape index (κ2) is 5.33. The Balaban J connectivity index is 1.80. The molecule has 0 fully saturated rings. The highest BCUT2D eigenvalue weighted by Gasteiger charge is 2.12. The van der Waals surface area contributed by atoms with Crippen LogP contribution >= 0.6 is 0 Å². The monoisotopic (exact) mass is 286 g/mol. The summed E-state index contributed by atoms with van der Waals surface area (Å²) in [6.07, 6.45) is 11.4. The molecule has 106 valence electrons.